The summed E-state index contributed by atoms with van der Waals surface area (Å²) >= 11 is 4.24. The highest BCUT2D eigenvalue weighted by Gasteiger charge is 2.27. The Morgan fingerprint density at radius 3 is 1.18 bits per heavy atom. The zero-order valence-electron chi connectivity index (χ0n) is 42.0. The number of aromatic nitrogens is 3. The van der Waals surface area contributed by atoms with Crippen molar-refractivity contribution in [3.63, 3.8) is 0 Å². The first kappa shape index (κ1) is 54.3. The molecular formula is C60H64I3N5O4+2. The van der Waals surface area contributed by atoms with Gasteiger partial charge in [-0.15, -0.1) is 24.0 Å². The maximum Gasteiger partial charge on any atom is 0.229 e. The number of aliphatic hydroxyl groups is 1. The summed E-state index contributed by atoms with van der Waals surface area (Å²) in [7, 11) is 5.09. The molecular weight excluding hydrogens is 1240 g/mol. The Balaban J connectivity index is 0.000000150. The average Bonchev–Trinajstić information content (AvgIpc) is 4.11. The third kappa shape index (κ3) is 12.0. The van der Waals surface area contributed by atoms with Gasteiger partial charge < -0.3 is 34.3 Å². The number of aromatic amines is 3. The van der Waals surface area contributed by atoms with Crippen LogP contribution in [0.3, 0.4) is 0 Å². The second kappa shape index (κ2) is 25.5. The van der Waals surface area contributed by atoms with Crippen molar-refractivity contribution in [3.8, 4) is 17.2 Å². The third-order valence-corrected chi connectivity index (χ3v) is 13.2. The van der Waals surface area contributed by atoms with Crippen LogP contribution in [0.5, 0.6) is 17.2 Å². The first-order chi connectivity index (χ1) is 34.7. The van der Waals surface area contributed by atoms with Crippen molar-refractivity contribution in [2.24, 2.45) is 0 Å². The highest BCUT2D eigenvalue weighted by Crippen LogP contribution is 2.37. The molecule has 0 bridgehead atoms. The summed E-state index contributed by atoms with van der Waals surface area (Å²) in [5, 5.41) is 11.6. The molecule has 72 heavy (non-hydrogen) atoms. The van der Waals surface area contributed by atoms with Gasteiger partial charge in [-0.1, -0.05) is 53.1 Å². The Hall–Kier alpha value is -5.43. The fraction of sp³-hybridized carbons (Fsp3) is 0.233. The fourth-order valence-electron chi connectivity index (χ4n) is 9.83. The Morgan fingerprint density at radius 2 is 0.819 bits per heavy atom. The second-order valence-electron chi connectivity index (χ2n) is 17.8. The van der Waals surface area contributed by atoms with Gasteiger partial charge in [-0.3, -0.25) is 0 Å². The molecule has 3 aromatic heterocycles. The smallest absolute Gasteiger partial charge is 0.229 e. The van der Waals surface area contributed by atoms with E-state index in [1.54, 1.807) is 28.3 Å². The lowest BCUT2D eigenvalue weighted by atomic mass is 9.90. The van der Waals surface area contributed by atoms with Crippen molar-refractivity contribution in [3.05, 3.63) is 201 Å². The highest BCUT2D eigenvalue weighted by molar-refractivity contribution is 15.0. The number of aryl methyl sites for hydroxylation is 4. The molecule has 372 valence electrons. The molecule has 2 aliphatic heterocycles. The van der Waals surface area contributed by atoms with Crippen LogP contribution in [0.15, 0.2) is 133 Å². The summed E-state index contributed by atoms with van der Waals surface area (Å²) in [5.74, 6) is 2.66. The molecule has 12 rings (SSSR count). The van der Waals surface area contributed by atoms with Gasteiger partial charge in [0.05, 0.1) is 21.3 Å². The van der Waals surface area contributed by atoms with Crippen molar-refractivity contribution < 1.29 is 29.3 Å². The van der Waals surface area contributed by atoms with Gasteiger partial charge in [-0.2, -0.15) is 0 Å². The molecule has 9 aromatic rings. The van der Waals surface area contributed by atoms with Gasteiger partial charge in [-0.25, -0.2) is 9.98 Å². The molecule has 0 atom stereocenters. The number of hydrogen-bond acceptors (Lipinski definition) is 4. The van der Waals surface area contributed by atoms with Gasteiger partial charge >= 0.3 is 0 Å². The van der Waals surface area contributed by atoms with E-state index in [-0.39, 0.29) is 30.6 Å². The molecule has 0 saturated carbocycles. The topological polar surface area (TPSA) is 123 Å². The molecule has 6 aromatic carbocycles. The maximum atomic E-state index is 7.57. The summed E-state index contributed by atoms with van der Waals surface area (Å²) in [4.78, 5) is 17.9. The lowest BCUT2D eigenvalue weighted by molar-refractivity contribution is -0.457. The molecule has 9 nitrogen and oxygen atoms in total. The molecule has 1 aliphatic carbocycles. The predicted octanol–water partition coefficient (Wildman–Crippen LogP) is 11.2. The minimum atomic E-state index is 0. The zero-order chi connectivity index (χ0) is 50.0. The monoisotopic (exact) mass is 1300 g/mol. The number of methoxy groups -OCH3 is 3. The van der Waals surface area contributed by atoms with Gasteiger partial charge in [0.15, 0.2) is 0 Å². The Kier molecular flexibility index (Phi) is 19.2. The molecule has 0 amide bonds. The van der Waals surface area contributed by atoms with Crippen molar-refractivity contribution in [1.82, 2.24) is 15.0 Å². The van der Waals surface area contributed by atoms with Crippen molar-refractivity contribution in [2.75, 3.05) is 41.0 Å². The number of benzene rings is 6. The SMILES string of the molecule is CCO.COc1ccc(C2=CCCc3c2[nH]c2ccc(C)cc32)cc1.COc1ccc(C2=[NH+]CCc3c2[nH]c2ccc(C)cc32)cc1.COc1ccc(C2=[NH+]CCc3c2[nH]c2ccc(C)cc32)cc1.I.II. The van der Waals surface area contributed by atoms with Crippen LogP contribution in [0.25, 0.3) is 38.3 Å². The van der Waals surface area contributed by atoms with Crippen LogP contribution >= 0.6 is 61.2 Å². The van der Waals surface area contributed by atoms with E-state index in [1.165, 1.54) is 117 Å². The first-order valence-electron chi connectivity index (χ1n) is 24.1. The van der Waals surface area contributed by atoms with Crippen molar-refractivity contribution in [2.45, 2.75) is 53.4 Å². The largest absolute Gasteiger partial charge is 0.497 e. The lowest BCUT2D eigenvalue weighted by Gasteiger charge is -2.15. The van der Waals surface area contributed by atoms with Crippen LogP contribution in [0.2, 0.25) is 0 Å². The number of hydrogen-bond donors (Lipinski definition) is 6. The standard InChI is InChI=1S/C20H19NO.2C19H18N2O.C2H6O.I2.HI/c1-13-6-11-19-18(12-13)17-5-3-4-16(20(17)21-19)14-7-9-15(22-2)10-8-14;2*1-12-3-8-17-16(11-12)15-9-10-20-18(19(15)21-17)13-4-6-14(22-2)7-5-13;1-2-3;1-2;/h4,6-12,21H,3,5H2,1-2H3;2*3-8,11,21H,9-10H2,1-2H3;3H,2H2,1H3;;1H/p+2. The quantitative estimate of drug-likeness (QED) is 0.0929. The van der Waals surface area contributed by atoms with Crippen LogP contribution in [-0.4, -0.2) is 72.5 Å². The zero-order valence-corrected chi connectivity index (χ0v) is 48.6. The number of nitrogens with one attached hydrogen (secondary N) is 5. The molecule has 6 N–H and O–H groups in total. The average molecular weight is 1300 g/mol. The van der Waals surface area contributed by atoms with E-state index in [1.807, 2.05) is 36.4 Å². The van der Waals surface area contributed by atoms with Gasteiger partial charge in [0.25, 0.3) is 0 Å². The second-order valence-corrected chi connectivity index (χ2v) is 17.8. The van der Waals surface area contributed by atoms with E-state index in [9.17, 15) is 0 Å². The van der Waals surface area contributed by atoms with E-state index >= 15 is 0 Å². The van der Waals surface area contributed by atoms with Crippen LogP contribution in [0.4, 0.5) is 0 Å². The third-order valence-electron chi connectivity index (χ3n) is 13.2. The normalized spacial score (nSPS) is 13.0. The van der Waals surface area contributed by atoms with Crippen LogP contribution in [-0.2, 0) is 19.3 Å². The minimum Gasteiger partial charge on any atom is -0.497 e. The molecule has 3 aliphatic rings. The van der Waals surface area contributed by atoms with Crippen LogP contribution in [0.1, 0.15) is 80.5 Å². The number of ether oxygens (including phenoxy) is 3. The lowest BCUT2D eigenvalue weighted by Crippen LogP contribution is -2.75. The summed E-state index contributed by atoms with van der Waals surface area (Å²) < 4.78 is 15.8. The Labute approximate surface area is 463 Å². The van der Waals surface area contributed by atoms with E-state index < -0.39 is 0 Å². The van der Waals surface area contributed by atoms with Crippen LogP contribution < -0.4 is 24.2 Å². The number of H-pyrrole nitrogens is 3. The van der Waals surface area contributed by atoms with E-state index in [2.05, 4.69) is 180 Å². The van der Waals surface area contributed by atoms with E-state index in [0.29, 0.717) is 0 Å². The molecule has 0 fully saturated rings. The molecule has 0 radical (unpaired) electrons. The minimum absolute atomic E-state index is 0. The number of rotatable bonds is 6. The Morgan fingerprint density at radius 1 is 0.486 bits per heavy atom. The molecule has 12 heteroatoms. The van der Waals surface area contributed by atoms with Gasteiger partial charge in [-0.05, 0) is 160 Å². The highest BCUT2D eigenvalue weighted by atomic mass is 128. The van der Waals surface area contributed by atoms with Gasteiger partial charge in [0, 0.05) is 112 Å². The van der Waals surface area contributed by atoms with Gasteiger partial charge in [0.2, 0.25) is 11.4 Å². The predicted molar refractivity (Wildman–Crippen MR) is 325 cm³/mol. The maximum absolute atomic E-state index is 7.57. The molecule has 0 spiro atoms. The summed E-state index contributed by atoms with van der Waals surface area (Å²) in [6.07, 6.45) is 6.65. The number of allylic oxidation sites excluding steroid dienone is 1. The number of fused-ring (bicyclic) bond motifs is 9. The van der Waals surface area contributed by atoms with Gasteiger partial charge in [0.1, 0.15) is 41.7 Å². The summed E-state index contributed by atoms with van der Waals surface area (Å²) in [6.45, 7) is 10.3. The van der Waals surface area contributed by atoms with E-state index in [4.69, 9.17) is 19.3 Å². The van der Waals surface area contributed by atoms with E-state index in [0.717, 1.165) is 56.0 Å². The molecule has 0 saturated heterocycles. The Bertz CT molecular complexity index is 3010. The molecule has 5 heterocycles. The first-order valence-corrected chi connectivity index (χ1v) is 30.4. The fourth-order valence-corrected chi connectivity index (χ4v) is 9.83. The number of aliphatic hydroxyl groups excluding tert-OH is 1. The van der Waals surface area contributed by atoms with Crippen LogP contribution in [0, 0.1) is 20.8 Å². The molecule has 0 unspecified atom stereocenters. The van der Waals surface area contributed by atoms with Crippen molar-refractivity contribution in [1.29, 1.82) is 0 Å². The van der Waals surface area contributed by atoms with Crippen molar-refractivity contribution >= 4 is 111 Å². The summed E-state index contributed by atoms with van der Waals surface area (Å²) in [5.41, 5.74) is 22.9. The number of halogens is 3. The summed E-state index contributed by atoms with van der Waals surface area (Å²) in [6, 6.07) is 44.6.